The highest BCUT2D eigenvalue weighted by Gasteiger charge is 2.63. The van der Waals surface area contributed by atoms with Crippen LogP contribution >= 0.6 is 0 Å². The van der Waals surface area contributed by atoms with Crippen LogP contribution in [0.4, 0.5) is 0 Å². The molecule has 30 heteroatoms. The molecule has 10 aromatic rings. The van der Waals surface area contributed by atoms with Gasteiger partial charge in [-0.15, -0.1) is 0 Å². The molecule has 10 aromatic carbocycles. The van der Waals surface area contributed by atoms with Crippen molar-refractivity contribution < 1.29 is 143 Å². The maximum absolute atomic E-state index is 15.6. The van der Waals surface area contributed by atoms with E-state index in [1.165, 1.54) is 194 Å². The first kappa shape index (κ1) is 89.4. The molecule has 3 aliphatic rings. The summed E-state index contributed by atoms with van der Waals surface area (Å²) in [5.74, 6) is -13.4. The van der Waals surface area contributed by atoms with Gasteiger partial charge in [0.2, 0.25) is 6.29 Å². The summed E-state index contributed by atoms with van der Waals surface area (Å²) in [7, 11) is 0. The summed E-state index contributed by atoms with van der Waals surface area (Å²) in [5, 5.41) is 0. The molecular formula is C96H84O30. The first-order chi connectivity index (χ1) is 61.2. The molecule has 3 saturated heterocycles. The van der Waals surface area contributed by atoms with Crippen molar-refractivity contribution in [3.8, 4) is 0 Å². The Hall–Kier alpha value is -14.4. The zero-order valence-corrected chi connectivity index (χ0v) is 67.8. The molecule has 0 bridgehead atoms. The third-order valence-electron chi connectivity index (χ3n) is 19.9. The van der Waals surface area contributed by atoms with Crippen LogP contribution in [0, 0.1) is 0 Å². The van der Waals surface area contributed by atoms with Gasteiger partial charge in [0.15, 0.2) is 61.4 Å². The summed E-state index contributed by atoms with van der Waals surface area (Å²) in [4.78, 5) is 177. The Morgan fingerprint density at radius 1 is 0.254 bits per heavy atom. The minimum atomic E-state index is -2.55. The van der Waals surface area contributed by atoms with Crippen molar-refractivity contribution >= 4 is 71.6 Å². The maximum atomic E-state index is 15.6. The largest absolute Gasteiger partial charge is 0.462 e. The highest BCUT2D eigenvalue weighted by molar-refractivity contribution is 5.94. The van der Waals surface area contributed by atoms with Crippen LogP contribution in [0.25, 0.3) is 0 Å². The summed E-state index contributed by atoms with van der Waals surface area (Å²) in [6.45, 7) is -0.517. The lowest BCUT2D eigenvalue weighted by molar-refractivity contribution is -0.391. The van der Waals surface area contributed by atoms with Crippen molar-refractivity contribution in [3.63, 3.8) is 0 Å². The van der Waals surface area contributed by atoms with Gasteiger partial charge in [0.1, 0.15) is 56.4 Å². The Morgan fingerprint density at radius 2 is 0.556 bits per heavy atom. The van der Waals surface area contributed by atoms with Crippen molar-refractivity contribution in [1.82, 2.24) is 0 Å². The third kappa shape index (κ3) is 23.7. The van der Waals surface area contributed by atoms with Gasteiger partial charge in [-0.05, 0) is 115 Å². The van der Waals surface area contributed by atoms with Crippen LogP contribution in [0.5, 0.6) is 0 Å². The van der Waals surface area contributed by atoms with E-state index < -0.39 is 202 Å². The Morgan fingerprint density at radius 3 is 0.944 bits per heavy atom. The van der Waals surface area contributed by atoms with Gasteiger partial charge in [0, 0.05) is 20.8 Å². The van der Waals surface area contributed by atoms with E-state index in [2.05, 4.69) is 0 Å². The molecule has 0 amide bonds. The van der Waals surface area contributed by atoms with E-state index in [1.807, 2.05) is 0 Å². The normalized spacial score (nSPS) is 22.3. The number of rotatable bonds is 33. The van der Waals surface area contributed by atoms with E-state index in [0.717, 1.165) is 20.8 Å². The van der Waals surface area contributed by atoms with Gasteiger partial charge in [-0.25, -0.2) is 43.2 Å². The van der Waals surface area contributed by atoms with Gasteiger partial charge in [-0.1, -0.05) is 194 Å². The van der Waals surface area contributed by atoms with Gasteiger partial charge < -0.3 is 85.3 Å². The quantitative estimate of drug-likeness (QED) is 0.0272. The summed E-state index contributed by atoms with van der Waals surface area (Å²) in [5.41, 5.74) is -0.574. The van der Waals surface area contributed by atoms with Gasteiger partial charge >= 0.3 is 71.6 Å². The molecule has 3 aliphatic heterocycles. The SMILES string of the molecule is CC(=O)OC[C@H](OC(C)=O)[C@H]1O[C@H](OC(C)=O)[C@@H](OCc2ccccc2)[C@@H](O[C@H]2O[C@H]([C@H](COC(=O)c3ccccc3)OC(=O)c3ccccc3)[C@@H](OC(=O)c3ccccc3)[C@H](OC(=O)c3ccccc3)[C@@H]2OC(=O)c2ccccc2)[C@@H]1O[C@@H]1O[C@H](COC(=O)c2ccccc2)[C@@H](OC(=O)c2ccccc2)[C@H](OC(=O)c2ccccc2)[C@H]1OC(=O)c1ccccc1. The van der Waals surface area contributed by atoms with Gasteiger partial charge in [-0.2, -0.15) is 0 Å². The Labute approximate surface area is 721 Å². The van der Waals surface area contributed by atoms with Crippen LogP contribution in [0.1, 0.15) is 120 Å². The average molecular weight is 1720 g/mol. The fourth-order valence-corrected chi connectivity index (χ4v) is 13.9. The van der Waals surface area contributed by atoms with Crippen molar-refractivity contribution in [2.45, 2.75) is 132 Å². The van der Waals surface area contributed by atoms with Crippen LogP contribution in [-0.4, -0.2) is 196 Å². The minimum absolute atomic E-state index is 0.00238. The Balaban J connectivity index is 1.07. The van der Waals surface area contributed by atoms with Crippen molar-refractivity contribution in [3.05, 3.63) is 359 Å². The van der Waals surface area contributed by atoms with Crippen LogP contribution in [0.2, 0.25) is 0 Å². The topological polar surface area (TPSA) is 371 Å². The first-order valence-electron chi connectivity index (χ1n) is 39.9. The molecule has 0 unspecified atom stereocenters. The van der Waals surface area contributed by atoms with E-state index in [1.54, 1.807) is 109 Å². The molecule has 0 radical (unpaired) electrons. The molecule has 648 valence electrons. The lowest BCUT2D eigenvalue weighted by atomic mass is 9.92. The summed E-state index contributed by atoms with van der Waals surface area (Å²) in [6, 6.07) is 74.9. The van der Waals surface area contributed by atoms with Crippen LogP contribution < -0.4 is 0 Å². The van der Waals surface area contributed by atoms with Gasteiger partial charge in [0.25, 0.3) is 0 Å². The summed E-state index contributed by atoms with van der Waals surface area (Å²) >= 11 is 0. The van der Waals surface area contributed by atoms with Crippen LogP contribution in [0.3, 0.4) is 0 Å². The molecule has 30 nitrogen and oxygen atoms in total. The number of hydrogen-bond acceptors (Lipinski definition) is 30. The van der Waals surface area contributed by atoms with Crippen molar-refractivity contribution in [1.29, 1.82) is 0 Å². The lowest BCUT2D eigenvalue weighted by Crippen LogP contribution is -2.70. The fraction of sp³-hybridized carbons (Fsp3) is 0.250. The molecule has 3 heterocycles. The average Bonchev–Trinajstić information content (AvgIpc) is 0.747. The molecule has 126 heavy (non-hydrogen) atoms. The summed E-state index contributed by atoms with van der Waals surface area (Å²) < 4.78 is 119. The molecular weight excluding hydrogens is 1630 g/mol. The molecule has 0 aromatic heterocycles. The Kier molecular flexibility index (Phi) is 30.9. The molecule has 0 aliphatic carbocycles. The van der Waals surface area contributed by atoms with E-state index in [4.69, 9.17) is 85.3 Å². The van der Waals surface area contributed by atoms with E-state index in [9.17, 15) is 28.8 Å². The molecule has 0 N–H and O–H groups in total. The maximum Gasteiger partial charge on any atom is 0.338 e. The predicted octanol–water partition coefficient (Wildman–Crippen LogP) is 11.9. The highest BCUT2D eigenvalue weighted by atomic mass is 16.8. The van der Waals surface area contributed by atoms with Gasteiger partial charge in [-0.3, -0.25) is 14.4 Å². The van der Waals surface area contributed by atoms with Crippen LogP contribution in [-0.2, 0) is 106 Å². The van der Waals surface area contributed by atoms with Crippen LogP contribution in [0.15, 0.2) is 303 Å². The first-order valence-corrected chi connectivity index (χ1v) is 39.9. The predicted molar refractivity (Wildman–Crippen MR) is 438 cm³/mol. The monoisotopic (exact) mass is 1720 g/mol. The van der Waals surface area contributed by atoms with E-state index in [0.29, 0.717) is 5.56 Å². The van der Waals surface area contributed by atoms with E-state index in [-0.39, 0.29) is 50.1 Å². The number of esters is 12. The van der Waals surface area contributed by atoms with E-state index >= 15 is 28.8 Å². The zero-order valence-electron chi connectivity index (χ0n) is 67.8. The smallest absolute Gasteiger partial charge is 0.338 e. The highest BCUT2D eigenvalue weighted by Crippen LogP contribution is 2.42. The molecule has 0 saturated carbocycles. The molecule has 13 rings (SSSR count). The second kappa shape index (κ2) is 43.6. The minimum Gasteiger partial charge on any atom is -0.462 e. The van der Waals surface area contributed by atoms with Gasteiger partial charge in [0.05, 0.1) is 56.7 Å². The third-order valence-corrected chi connectivity index (χ3v) is 19.9. The fourth-order valence-electron chi connectivity index (χ4n) is 13.9. The molecule has 0 spiro atoms. The molecule has 17 atom stereocenters. The van der Waals surface area contributed by atoms with Crippen molar-refractivity contribution in [2.24, 2.45) is 0 Å². The Bertz CT molecular complexity index is 5340. The zero-order chi connectivity index (χ0) is 88.4. The second-order valence-corrected chi connectivity index (χ2v) is 28.7. The van der Waals surface area contributed by atoms with Crippen molar-refractivity contribution in [2.75, 3.05) is 19.8 Å². The number of carbonyl (C=O) groups excluding carboxylic acids is 12. The summed E-state index contributed by atoms with van der Waals surface area (Å²) in [6.07, 6.45) is -38.1. The number of hydrogen-bond donors (Lipinski definition) is 0. The number of carbonyl (C=O) groups is 12. The number of ether oxygens (including phenoxy) is 18. The molecule has 3 fully saturated rings. The second-order valence-electron chi connectivity index (χ2n) is 28.7. The number of benzene rings is 10. The lowest BCUT2D eigenvalue weighted by Gasteiger charge is -2.52. The standard InChI is InChI=1S/C96H84O30/c1-58(97)109-55-71(113-59(2)98)75-78(125-95-83(121-92(107)69-50-30-12-31-51-69)79(119-90(105)67-46-26-10-27-47-67)74(117-88(103)65-42-22-8-23-43-65)73(116-95)57-112-86(101)63-38-18-6-19-39-63)80(82(94(123-75)114-60(3)99)110-54-61-34-14-4-15-35-61)126-96-84(122-93(108)70-52-32-13-33-53-70)81(120-91(106)68-48-28-11-29-49-68)77(118-89(104)66-44-24-9-25-45-66)76(124-96)72(115-87(102)64-40-20-7-21-41-64)56-111-85(100)62-36-16-5-17-37-62/h4-53,71-84,94-96H,54-57H2,1-3H3/t71-,72-,73+,74+,75+,76+,77+,78+,79-,80-,81-,82-,83+,84-,94-,95-,96+/m0/s1.